The molecule has 2 aromatic carbocycles. The van der Waals surface area contributed by atoms with Crippen molar-refractivity contribution in [2.75, 3.05) is 47.4 Å². The summed E-state index contributed by atoms with van der Waals surface area (Å²) in [6.45, 7) is 12.5. The maximum Gasteiger partial charge on any atom is 0.128 e. The fraction of sp³-hybridized carbons (Fsp3) is 0.421. The molecule has 2 heterocycles. The van der Waals surface area contributed by atoms with Gasteiger partial charge in [0.05, 0.1) is 0 Å². The van der Waals surface area contributed by atoms with Crippen molar-refractivity contribution in [3.63, 3.8) is 0 Å². The lowest BCUT2D eigenvalue weighted by Crippen LogP contribution is -2.41. The van der Waals surface area contributed by atoms with Crippen molar-refractivity contribution in [2.45, 2.75) is 77.0 Å². The Bertz CT molecular complexity index is 1270. The van der Waals surface area contributed by atoms with Crippen molar-refractivity contribution in [2.24, 2.45) is 0 Å². The van der Waals surface area contributed by atoms with Crippen molar-refractivity contribution in [1.82, 2.24) is 9.97 Å². The van der Waals surface area contributed by atoms with Gasteiger partial charge in [-0.05, 0) is 48.9 Å². The zero-order valence-electron chi connectivity index (χ0n) is 26.9. The molecule has 6 heteroatoms. The molecule has 0 radical (unpaired) electrons. The molecule has 0 unspecified atom stereocenters. The van der Waals surface area contributed by atoms with Crippen LogP contribution >= 0.6 is 0 Å². The number of anilines is 4. The Morgan fingerprint density at radius 3 is 1.18 bits per heavy atom. The monoisotopic (exact) mass is 590 g/mol. The maximum atomic E-state index is 5.30. The number of nitrogens with one attached hydrogen (secondary N) is 4. The van der Waals surface area contributed by atoms with E-state index in [0.717, 1.165) is 86.3 Å². The lowest BCUT2D eigenvalue weighted by Gasteiger charge is -2.52. The molecule has 2 aromatic heterocycles. The van der Waals surface area contributed by atoms with Crippen LogP contribution < -0.4 is 21.3 Å². The molecule has 5 rings (SSSR count). The van der Waals surface area contributed by atoms with Gasteiger partial charge in [0.2, 0.25) is 0 Å². The highest BCUT2D eigenvalue weighted by Gasteiger charge is 2.54. The van der Waals surface area contributed by atoms with Crippen LogP contribution in [0.1, 0.15) is 99.6 Å². The lowest BCUT2D eigenvalue weighted by atomic mass is 9.50. The molecule has 0 bridgehead atoms. The minimum atomic E-state index is 0.191. The molecule has 0 atom stereocenters. The lowest BCUT2D eigenvalue weighted by molar-refractivity contribution is 0.220. The summed E-state index contributed by atoms with van der Waals surface area (Å²) in [6.07, 6.45) is 4.25. The summed E-state index contributed by atoms with van der Waals surface area (Å²) < 4.78 is 0. The molecular weight excluding hydrogens is 540 g/mol. The van der Waals surface area contributed by atoms with Crippen molar-refractivity contribution < 1.29 is 0 Å². The van der Waals surface area contributed by atoms with E-state index in [1.54, 1.807) is 0 Å². The number of rotatable bonds is 16. The molecule has 232 valence electrons. The number of pyridine rings is 2. The van der Waals surface area contributed by atoms with Gasteiger partial charge in [-0.3, -0.25) is 0 Å². The highest BCUT2D eigenvalue weighted by Crippen LogP contribution is 2.66. The minimum absolute atomic E-state index is 0.191. The summed E-state index contributed by atoms with van der Waals surface area (Å²) in [5.41, 5.74) is 7.20. The largest absolute Gasteiger partial charge is 0.385 e. The van der Waals surface area contributed by atoms with Gasteiger partial charge in [-0.15, -0.1) is 0 Å². The second-order valence-corrected chi connectivity index (χ2v) is 12.0. The molecule has 0 spiro atoms. The first-order valence-electron chi connectivity index (χ1n) is 16.8. The second-order valence-electron chi connectivity index (χ2n) is 12.0. The Labute approximate surface area is 264 Å². The topological polar surface area (TPSA) is 73.9 Å². The predicted octanol–water partition coefficient (Wildman–Crippen LogP) is 9.21. The van der Waals surface area contributed by atoms with Gasteiger partial charge in [-0.2, -0.15) is 0 Å². The number of hydrogen-bond donors (Lipinski definition) is 4. The van der Waals surface area contributed by atoms with E-state index in [2.05, 4.69) is 134 Å². The molecule has 6 nitrogen and oxygen atoms in total. The average molecular weight is 591 g/mol. The van der Waals surface area contributed by atoms with Crippen molar-refractivity contribution >= 4 is 23.0 Å². The van der Waals surface area contributed by atoms with Crippen LogP contribution in [0.3, 0.4) is 0 Å². The van der Waals surface area contributed by atoms with Crippen molar-refractivity contribution in [3.05, 3.63) is 107 Å². The summed E-state index contributed by atoms with van der Waals surface area (Å²) in [5, 5.41) is 14.5. The molecule has 1 fully saturated rings. The van der Waals surface area contributed by atoms with E-state index < -0.39 is 0 Å². The van der Waals surface area contributed by atoms with Crippen LogP contribution in [0.15, 0.2) is 84.9 Å². The van der Waals surface area contributed by atoms with Crippen LogP contribution in [0.2, 0.25) is 0 Å². The average Bonchev–Trinajstić information content (AvgIpc) is 3.05. The molecule has 4 aromatic rings. The smallest absolute Gasteiger partial charge is 0.128 e. The Balaban J connectivity index is 1.67. The summed E-state index contributed by atoms with van der Waals surface area (Å²) in [7, 11) is 0. The van der Waals surface area contributed by atoms with Crippen LogP contribution in [0.4, 0.5) is 23.0 Å². The Hall–Kier alpha value is -4.06. The number of benzene rings is 2. The first-order valence-corrected chi connectivity index (χ1v) is 16.8. The Kier molecular flexibility index (Phi) is 11.1. The summed E-state index contributed by atoms with van der Waals surface area (Å²) >= 11 is 0. The van der Waals surface area contributed by atoms with Crippen molar-refractivity contribution in [3.8, 4) is 0 Å². The number of aromatic nitrogens is 2. The fourth-order valence-corrected chi connectivity index (χ4v) is 6.54. The first-order chi connectivity index (χ1) is 21.7. The normalized spacial score (nSPS) is 19.2. The predicted molar refractivity (Wildman–Crippen MR) is 187 cm³/mol. The van der Waals surface area contributed by atoms with E-state index in [-0.39, 0.29) is 23.7 Å². The molecule has 0 aliphatic heterocycles. The molecule has 0 amide bonds. The van der Waals surface area contributed by atoms with Gasteiger partial charge >= 0.3 is 0 Å². The SMILES string of the molecule is CCCNc1cc(NCCC)nc(C2C(c3ccccc3)C(c3cc(NCCC)cc(NCCC)n3)C2c2ccccc2)c1. The van der Waals surface area contributed by atoms with Gasteiger partial charge in [0.15, 0.2) is 0 Å². The Morgan fingerprint density at radius 2 is 0.818 bits per heavy atom. The summed E-state index contributed by atoms with van der Waals surface area (Å²) in [6, 6.07) is 31.0. The minimum Gasteiger partial charge on any atom is -0.385 e. The molecule has 4 N–H and O–H groups in total. The van der Waals surface area contributed by atoms with E-state index in [4.69, 9.17) is 9.97 Å². The maximum absolute atomic E-state index is 5.30. The van der Waals surface area contributed by atoms with Gasteiger partial charge in [0, 0.05) is 84.7 Å². The van der Waals surface area contributed by atoms with Gasteiger partial charge in [-0.1, -0.05) is 88.4 Å². The molecular formula is C38H50N6. The van der Waals surface area contributed by atoms with Gasteiger partial charge in [-0.25, -0.2) is 9.97 Å². The molecule has 1 aliphatic carbocycles. The van der Waals surface area contributed by atoms with E-state index >= 15 is 0 Å². The van der Waals surface area contributed by atoms with E-state index in [0.29, 0.717) is 0 Å². The second kappa shape index (κ2) is 15.6. The Morgan fingerprint density at radius 1 is 0.455 bits per heavy atom. The van der Waals surface area contributed by atoms with E-state index in [9.17, 15) is 0 Å². The zero-order chi connectivity index (χ0) is 30.7. The third kappa shape index (κ3) is 7.35. The number of nitrogens with zero attached hydrogens (tertiary/aromatic N) is 2. The van der Waals surface area contributed by atoms with E-state index in [1.165, 1.54) is 11.1 Å². The van der Waals surface area contributed by atoms with Crippen molar-refractivity contribution in [1.29, 1.82) is 0 Å². The summed E-state index contributed by atoms with van der Waals surface area (Å²) in [4.78, 5) is 10.6. The van der Waals surface area contributed by atoms with Gasteiger partial charge in [0.25, 0.3) is 0 Å². The highest BCUT2D eigenvalue weighted by molar-refractivity contribution is 5.59. The van der Waals surface area contributed by atoms with E-state index in [1.807, 2.05) is 0 Å². The van der Waals surface area contributed by atoms with Gasteiger partial charge in [0.1, 0.15) is 11.6 Å². The van der Waals surface area contributed by atoms with Crippen LogP contribution in [0, 0.1) is 0 Å². The summed E-state index contributed by atoms with van der Waals surface area (Å²) in [5.74, 6) is 2.72. The standard InChI is InChI=1S/C38H50N6/c1-5-19-39-29-23-31(43-33(25-29)41-21-7-3)37-35(27-15-11-9-12-16-27)38(36(37)28-17-13-10-14-18-28)32-24-30(40-20-6-2)26-34(44-32)42-22-8-4/h9-18,23-26,35-38H,5-8,19-22H2,1-4H3,(H2,39,41,43)(H2,40,42,44). The highest BCUT2D eigenvalue weighted by atomic mass is 15.0. The quantitative estimate of drug-likeness (QED) is 0.104. The third-order valence-corrected chi connectivity index (χ3v) is 8.56. The molecule has 0 saturated heterocycles. The fourth-order valence-electron chi connectivity index (χ4n) is 6.54. The van der Waals surface area contributed by atoms with Crippen LogP contribution in [-0.4, -0.2) is 36.1 Å². The third-order valence-electron chi connectivity index (χ3n) is 8.56. The molecule has 44 heavy (non-hydrogen) atoms. The van der Waals surface area contributed by atoms with Crippen LogP contribution in [0.25, 0.3) is 0 Å². The van der Waals surface area contributed by atoms with Crippen LogP contribution in [-0.2, 0) is 0 Å². The van der Waals surface area contributed by atoms with Gasteiger partial charge < -0.3 is 21.3 Å². The van der Waals surface area contributed by atoms with Crippen LogP contribution in [0.5, 0.6) is 0 Å². The molecule has 1 saturated carbocycles. The first kappa shape index (κ1) is 31.4. The molecule has 1 aliphatic rings. The number of hydrogen-bond acceptors (Lipinski definition) is 6. The zero-order valence-corrected chi connectivity index (χ0v) is 26.9.